The first kappa shape index (κ1) is 13.4. The van der Waals surface area contributed by atoms with Gasteiger partial charge in [0.05, 0.1) is 0 Å². The van der Waals surface area contributed by atoms with E-state index >= 15 is 0 Å². The van der Waals surface area contributed by atoms with Crippen LogP contribution in [-0.4, -0.2) is 22.2 Å². The fraction of sp³-hybridized carbons (Fsp3) is 0.167. The van der Waals surface area contributed by atoms with Gasteiger partial charge in [-0.25, -0.2) is 4.79 Å². The molecule has 0 fully saturated rings. The summed E-state index contributed by atoms with van der Waals surface area (Å²) in [6.07, 6.45) is 3.58. The lowest BCUT2D eigenvalue weighted by Gasteiger charge is -1.83. The Balaban J connectivity index is 3.91. The van der Waals surface area contributed by atoms with Gasteiger partial charge in [-0.1, -0.05) is 12.0 Å². The monoisotopic (exact) mass is 216 g/mol. The molecule has 0 radical (unpaired) electrons. The van der Waals surface area contributed by atoms with Crippen LogP contribution < -0.4 is 0 Å². The van der Waals surface area contributed by atoms with E-state index in [2.05, 4.69) is 29.6 Å². The highest BCUT2D eigenvalue weighted by atomic mass is 16.4. The highest BCUT2D eigenvalue weighted by molar-refractivity contribution is 5.87. The van der Waals surface area contributed by atoms with Gasteiger partial charge in [0.2, 0.25) is 0 Å². The number of carboxylic acids is 2. The molecular weight excluding hydrogens is 208 g/mol. The minimum absolute atomic E-state index is 0.0634. The van der Waals surface area contributed by atoms with Crippen molar-refractivity contribution in [1.82, 2.24) is 0 Å². The van der Waals surface area contributed by atoms with Crippen LogP contribution in [0.1, 0.15) is 12.8 Å². The lowest BCUT2D eigenvalue weighted by Crippen LogP contribution is -1.91. The Labute approximate surface area is 93.0 Å². The molecule has 0 aliphatic rings. The van der Waals surface area contributed by atoms with Crippen molar-refractivity contribution < 1.29 is 19.8 Å². The molecule has 16 heavy (non-hydrogen) atoms. The molecule has 0 unspecified atom stereocenters. The van der Waals surface area contributed by atoms with Crippen molar-refractivity contribution in [1.29, 1.82) is 0 Å². The molecular formula is C12H8O4. The van der Waals surface area contributed by atoms with Crippen LogP contribution in [0.25, 0.3) is 0 Å². The summed E-state index contributed by atoms with van der Waals surface area (Å²) in [5, 5.41) is 16.4. The molecule has 0 aromatic rings. The van der Waals surface area contributed by atoms with E-state index in [4.69, 9.17) is 10.2 Å². The molecule has 4 heteroatoms. The summed E-state index contributed by atoms with van der Waals surface area (Å²) >= 11 is 0. The summed E-state index contributed by atoms with van der Waals surface area (Å²) in [5.41, 5.74) is 0. The zero-order chi connectivity index (χ0) is 12.2. The van der Waals surface area contributed by atoms with Crippen LogP contribution in [0.2, 0.25) is 0 Å². The second-order valence-electron chi connectivity index (χ2n) is 2.41. The Kier molecular flexibility index (Phi) is 7.46. The maximum atomic E-state index is 10.1. The van der Waals surface area contributed by atoms with Gasteiger partial charge in [0.25, 0.3) is 0 Å². The third-order valence-electron chi connectivity index (χ3n) is 1.16. The van der Waals surface area contributed by atoms with Crippen molar-refractivity contribution in [3.05, 3.63) is 12.2 Å². The number of aliphatic carboxylic acids is 2. The van der Waals surface area contributed by atoms with E-state index in [-0.39, 0.29) is 6.42 Å². The average Bonchev–Trinajstić information content (AvgIpc) is 2.20. The Hall–Kier alpha value is -2.64. The molecule has 0 amide bonds. The van der Waals surface area contributed by atoms with E-state index < -0.39 is 11.9 Å². The first-order valence-electron chi connectivity index (χ1n) is 4.24. The second kappa shape index (κ2) is 8.94. The van der Waals surface area contributed by atoms with E-state index in [1.165, 1.54) is 6.08 Å². The zero-order valence-corrected chi connectivity index (χ0v) is 8.28. The molecule has 0 aliphatic carbocycles. The lowest BCUT2D eigenvalue weighted by molar-refractivity contribution is -0.137. The van der Waals surface area contributed by atoms with Gasteiger partial charge >= 0.3 is 11.9 Å². The largest absolute Gasteiger partial charge is 0.481 e. The molecule has 0 aromatic carbocycles. The second-order valence-corrected chi connectivity index (χ2v) is 2.41. The van der Waals surface area contributed by atoms with Crippen molar-refractivity contribution in [2.24, 2.45) is 0 Å². The van der Waals surface area contributed by atoms with E-state index in [9.17, 15) is 9.59 Å². The van der Waals surface area contributed by atoms with E-state index in [1.807, 2.05) is 5.92 Å². The van der Waals surface area contributed by atoms with Crippen LogP contribution in [0, 0.1) is 35.5 Å². The molecule has 0 rings (SSSR count). The van der Waals surface area contributed by atoms with Crippen molar-refractivity contribution in [3.8, 4) is 35.5 Å². The van der Waals surface area contributed by atoms with Crippen molar-refractivity contribution in [2.45, 2.75) is 12.8 Å². The summed E-state index contributed by atoms with van der Waals surface area (Å²) in [4.78, 5) is 20.0. The minimum atomic E-state index is -1.24. The minimum Gasteiger partial charge on any atom is -0.481 e. The van der Waals surface area contributed by atoms with Gasteiger partial charge in [-0.15, -0.1) is 0 Å². The van der Waals surface area contributed by atoms with Crippen LogP contribution in [0.15, 0.2) is 12.2 Å². The van der Waals surface area contributed by atoms with Gasteiger partial charge in [0.15, 0.2) is 0 Å². The standard InChI is InChI=1S/C12H8O4/c13-11(14)9-7-5-3-1-2-4-6-8-10-12(15)16/h3,5H,7,9H2,(H,13,14)(H,15,16)/b5-3+. The summed E-state index contributed by atoms with van der Waals surface area (Å²) in [6.45, 7) is 0. The van der Waals surface area contributed by atoms with Crippen molar-refractivity contribution in [2.75, 3.05) is 0 Å². The summed E-state index contributed by atoms with van der Waals surface area (Å²) in [5.74, 6) is 11.3. The molecule has 4 nitrogen and oxygen atoms in total. The molecule has 0 spiro atoms. The number of carboxylic acid groups (broad SMARTS) is 2. The summed E-state index contributed by atoms with van der Waals surface area (Å²) in [6, 6.07) is 0. The lowest BCUT2D eigenvalue weighted by atomic mass is 10.3. The van der Waals surface area contributed by atoms with Crippen LogP contribution >= 0.6 is 0 Å². The highest BCUT2D eigenvalue weighted by Gasteiger charge is 1.90. The topological polar surface area (TPSA) is 74.6 Å². The first-order valence-corrected chi connectivity index (χ1v) is 4.24. The summed E-state index contributed by atoms with van der Waals surface area (Å²) in [7, 11) is 0. The highest BCUT2D eigenvalue weighted by Crippen LogP contribution is 1.89. The zero-order valence-electron chi connectivity index (χ0n) is 8.28. The predicted molar refractivity (Wildman–Crippen MR) is 57.0 cm³/mol. The third-order valence-corrected chi connectivity index (χ3v) is 1.16. The normalized spacial score (nSPS) is 7.75. The number of rotatable bonds is 3. The average molecular weight is 216 g/mol. The number of allylic oxidation sites excluding steroid dienone is 2. The first-order chi connectivity index (χ1) is 7.63. The molecule has 0 bridgehead atoms. The van der Waals surface area contributed by atoms with Crippen molar-refractivity contribution >= 4 is 11.9 Å². The van der Waals surface area contributed by atoms with E-state index in [0.717, 1.165) is 0 Å². The number of hydrogen-bond donors (Lipinski definition) is 2. The molecule has 0 aromatic heterocycles. The van der Waals surface area contributed by atoms with Gasteiger partial charge in [0.1, 0.15) is 0 Å². The quantitative estimate of drug-likeness (QED) is 0.674. The maximum Gasteiger partial charge on any atom is 0.382 e. The predicted octanol–water partition coefficient (Wildman–Crippen LogP) is 0.502. The van der Waals surface area contributed by atoms with Crippen LogP contribution in [-0.2, 0) is 9.59 Å². The Morgan fingerprint density at radius 3 is 2.38 bits per heavy atom. The fourth-order valence-corrected chi connectivity index (χ4v) is 0.574. The number of carbonyl (C=O) groups is 2. The molecule has 0 saturated carbocycles. The smallest absolute Gasteiger partial charge is 0.382 e. The van der Waals surface area contributed by atoms with Gasteiger partial charge < -0.3 is 10.2 Å². The summed E-state index contributed by atoms with van der Waals surface area (Å²) < 4.78 is 0. The Bertz CT molecular complexity index is 466. The molecule has 2 N–H and O–H groups in total. The molecule has 0 saturated heterocycles. The molecule has 0 aliphatic heterocycles. The van der Waals surface area contributed by atoms with Gasteiger partial charge in [-0.05, 0) is 36.2 Å². The van der Waals surface area contributed by atoms with Gasteiger partial charge in [-0.2, -0.15) is 0 Å². The molecule has 80 valence electrons. The SMILES string of the molecule is O=C(O)C#CC#CC#C/C=C/CCC(=O)O. The van der Waals surface area contributed by atoms with Crippen LogP contribution in [0.4, 0.5) is 0 Å². The number of hydrogen-bond acceptors (Lipinski definition) is 2. The third kappa shape index (κ3) is 11.4. The van der Waals surface area contributed by atoms with E-state index in [0.29, 0.717) is 6.42 Å². The molecule has 0 heterocycles. The molecule has 0 atom stereocenters. The van der Waals surface area contributed by atoms with E-state index in [1.54, 1.807) is 6.08 Å². The fourth-order valence-electron chi connectivity index (χ4n) is 0.574. The Morgan fingerprint density at radius 1 is 1.06 bits per heavy atom. The maximum absolute atomic E-state index is 10.1. The van der Waals surface area contributed by atoms with Gasteiger partial charge in [-0.3, -0.25) is 4.79 Å². The van der Waals surface area contributed by atoms with Crippen LogP contribution in [0.3, 0.4) is 0 Å². The van der Waals surface area contributed by atoms with Gasteiger partial charge in [0, 0.05) is 12.3 Å². The van der Waals surface area contributed by atoms with Crippen LogP contribution in [0.5, 0.6) is 0 Å². The van der Waals surface area contributed by atoms with Crippen molar-refractivity contribution in [3.63, 3.8) is 0 Å². The Morgan fingerprint density at radius 2 is 1.75 bits per heavy atom.